The molecule has 1 saturated heterocycles. The van der Waals surface area contributed by atoms with E-state index in [1.807, 2.05) is 12.1 Å². The minimum atomic E-state index is 0. The van der Waals surface area contributed by atoms with Crippen LogP contribution in [0.15, 0.2) is 33.7 Å². The van der Waals surface area contributed by atoms with Gasteiger partial charge in [0.05, 0.1) is 12.7 Å². The molecule has 1 unspecified atom stereocenters. The molecular formula is C16H25BrIN3O2. The molecule has 1 fully saturated rings. The molecule has 1 atom stereocenters. The average molecular weight is 498 g/mol. The minimum Gasteiger partial charge on any atom is -0.379 e. The van der Waals surface area contributed by atoms with E-state index >= 15 is 0 Å². The number of rotatable bonds is 7. The van der Waals surface area contributed by atoms with E-state index in [9.17, 15) is 0 Å². The normalized spacial score (nSPS) is 17.7. The van der Waals surface area contributed by atoms with E-state index < -0.39 is 0 Å². The van der Waals surface area contributed by atoms with Crippen LogP contribution in [0.3, 0.4) is 0 Å². The number of halogens is 2. The number of guanidine groups is 1. The van der Waals surface area contributed by atoms with Crippen LogP contribution in [0.25, 0.3) is 0 Å². The van der Waals surface area contributed by atoms with E-state index in [-0.39, 0.29) is 30.1 Å². The average Bonchev–Trinajstić information content (AvgIpc) is 3.05. The fraction of sp³-hybridized carbons (Fsp3) is 0.562. The molecule has 130 valence electrons. The highest BCUT2D eigenvalue weighted by Crippen LogP contribution is 2.10. The van der Waals surface area contributed by atoms with E-state index in [2.05, 4.69) is 43.7 Å². The summed E-state index contributed by atoms with van der Waals surface area (Å²) in [6.45, 7) is 3.92. The van der Waals surface area contributed by atoms with Gasteiger partial charge in [-0.1, -0.05) is 28.1 Å². The standard InChI is InChI=1S/C16H24BrN3O2.HI/c1-18-16(20-11-13-3-5-14(17)6-4-13)19-8-2-9-22-15-7-10-21-12-15;/h3-6,15H,2,7-12H2,1H3,(H2,18,19,20);1H. The van der Waals surface area contributed by atoms with Crippen LogP contribution >= 0.6 is 39.9 Å². The Hall–Kier alpha value is -0.380. The first kappa shape index (κ1) is 20.7. The number of hydrogen-bond donors (Lipinski definition) is 2. The Morgan fingerprint density at radius 1 is 1.35 bits per heavy atom. The van der Waals surface area contributed by atoms with E-state index in [0.717, 1.165) is 56.2 Å². The van der Waals surface area contributed by atoms with E-state index in [0.29, 0.717) is 0 Å². The van der Waals surface area contributed by atoms with Crippen LogP contribution in [-0.2, 0) is 16.0 Å². The number of aliphatic imine (C=N–C) groups is 1. The highest BCUT2D eigenvalue weighted by Gasteiger charge is 2.15. The summed E-state index contributed by atoms with van der Waals surface area (Å²) < 4.78 is 12.1. The second-order valence-corrected chi connectivity index (χ2v) is 6.10. The Labute approximate surface area is 163 Å². The first-order chi connectivity index (χ1) is 10.8. The fourth-order valence-corrected chi connectivity index (χ4v) is 2.45. The van der Waals surface area contributed by atoms with Crippen LogP contribution in [0.1, 0.15) is 18.4 Å². The highest BCUT2D eigenvalue weighted by molar-refractivity contribution is 14.0. The SMILES string of the molecule is CN=C(NCCCOC1CCOC1)NCc1ccc(Br)cc1.I. The lowest BCUT2D eigenvalue weighted by molar-refractivity contribution is 0.0420. The molecule has 1 aliphatic heterocycles. The maximum Gasteiger partial charge on any atom is 0.191 e. The molecule has 0 aliphatic carbocycles. The van der Waals surface area contributed by atoms with Crippen molar-refractivity contribution in [3.05, 3.63) is 34.3 Å². The molecule has 7 heteroatoms. The molecule has 0 bridgehead atoms. The predicted molar refractivity (Wildman–Crippen MR) is 108 cm³/mol. The third kappa shape index (κ3) is 8.32. The van der Waals surface area contributed by atoms with Crippen LogP contribution < -0.4 is 10.6 Å². The molecule has 0 radical (unpaired) electrons. The maximum absolute atomic E-state index is 5.73. The molecule has 23 heavy (non-hydrogen) atoms. The summed E-state index contributed by atoms with van der Waals surface area (Å²) in [5.74, 6) is 0.812. The van der Waals surface area contributed by atoms with Crippen LogP contribution in [0, 0.1) is 0 Å². The lowest BCUT2D eigenvalue weighted by Gasteiger charge is -2.13. The van der Waals surface area contributed by atoms with Gasteiger partial charge in [-0.05, 0) is 30.5 Å². The minimum absolute atomic E-state index is 0. The molecule has 0 spiro atoms. The van der Waals surface area contributed by atoms with Crippen molar-refractivity contribution in [1.29, 1.82) is 0 Å². The van der Waals surface area contributed by atoms with Crippen LogP contribution in [0.5, 0.6) is 0 Å². The van der Waals surface area contributed by atoms with Gasteiger partial charge in [0.2, 0.25) is 0 Å². The monoisotopic (exact) mass is 497 g/mol. The fourth-order valence-electron chi connectivity index (χ4n) is 2.18. The Morgan fingerprint density at radius 3 is 2.78 bits per heavy atom. The van der Waals surface area contributed by atoms with Gasteiger partial charge in [-0.3, -0.25) is 4.99 Å². The Bertz CT molecular complexity index is 465. The lowest BCUT2D eigenvalue weighted by Crippen LogP contribution is -2.37. The lowest BCUT2D eigenvalue weighted by atomic mass is 10.2. The number of nitrogens with zero attached hydrogens (tertiary/aromatic N) is 1. The van der Waals surface area contributed by atoms with Crippen molar-refractivity contribution in [2.24, 2.45) is 4.99 Å². The van der Waals surface area contributed by atoms with Gasteiger partial charge in [0.15, 0.2) is 5.96 Å². The summed E-state index contributed by atoms with van der Waals surface area (Å²) in [4.78, 5) is 4.22. The molecule has 1 aliphatic rings. The zero-order chi connectivity index (χ0) is 15.6. The van der Waals surface area contributed by atoms with Gasteiger partial charge in [-0.2, -0.15) is 0 Å². The molecule has 1 aromatic carbocycles. The molecule has 1 aromatic rings. The smallest absolute Gasteiger partial charge is 0.191 e. The van der Waals surface area contributed by atoms with Crippen LogP contribution in [0.4, 0.5) is 0 Å². The number of nitrogens with one attached hydrogen (secondary N) is 2. The Kier molecular flexibility index (Phi) is 10.8. The van der Waals surface area contributed by atoms with Crippen molar-refractivity contribution in [2.75, 3.05) is 33.4 Å². The van der Waals surface area contributed by atoms with Crippen molar-refractivity contribution in [3.63, 3.8) is 0 Å². The predicted octanol–water partition coefficient (Wildman–Crippen LogP) is 2.93. The Morgan fingerprint density at radius 2 is 2.13 bits per heavy atom. The maximum atomic E-state index is 5.73. The molecule has 0 amide bonds. The molecule has 1 heterocycles. The topological polar surface area (TPSA) is 54.9 Å². The summed E-state index contributed by atoms with van der Waals surface area (Å²) in [7, 11) is 1.78. The van der Waals surface area contributed by atoms with Crippen molar-refractivity contribution >= 4 is 45.9 Å². The first-order valence-electron chi connectivity index (χ1n) is 7.66. The highest BCUT2D eigenvalue weighted by atomic mass is 127. The van der Waals surface area contributed by atoms with Crippen LogP contribution in [-0.4, -0.2) is 45.5 Å². The summed E-state index contributed by atoms with van der Waals surface area (Å²) in [6, 6.07) is 8.25. The van der Waals surface area contributed by atoms with Crippen molar-refractivity contribution in [2.45, 2.75) is 25.5 Å². The quantitative estimate of drug-likeness (QED) is 0.263. The Balaban J connectivity index is 0.00000264. The third-order valence-electron chi connectivity index (χ3n) is 3.45. The van der Waals surface area contributed by atoms with E-state index in [1.165, 1.54) is 5.56 Å². The third-order valence-corrected chi connectivity index (χ3v) is 3.98. The largest absolute Gasteiger partial charge is 0.379 e. The van der Waals surface area contributed by atoms with Gasteiger partial charge in [0.25, 0.3) is 0 Å². The molecule has 2 rings (SSSR count). The van der Waals surface area contributed by atoms with Gasteiger partial charge in [-0.25, -0.2) is 0 Å². The van der Waals surface area contributed by atoms with Gasteiger partial charge >= 0.3 is 0 Å². The van der Waals surface area contributed by atoms with Gasteiger partial charge in [-0.15, -0.1) is 24.0 Å². The molecular weight excluding hydrogens is 473 g/mol. The molecule has 5 nitrogen and oxygen atoms in total. The summed E-state index contributed by atoms with van der Waals surface area (Å²) in [6.07, 6.45) is 2.26. The van der Waals surface area contributed by atoms with Gasteiger partial charge in [0, 0.05) is 37.8 Å². The van der Waals surface area contributed by atoms with Crippen molar-refractivity contribution in [3.8, 4) is 0 Å². The zero-order valence-corrected chi connectivity index (χ0v) is 17.3. The van der Waals surface area contributed by atoms with E-state index in [4.69, 9.17) is 9.47 Å². The van der Waals surface area contributed by atoms with Crippen LogP contribution in [0.2, 0.25) is 0 Å². The van der Waals surface area contributed by atoms with Gasteiger partial charge < -0.3 is 20.1 Å². The van der Waals surface area contributed by atoms with E-state index in [1.54, 1.807) is 7.05 Å². The number of ether oxygens (including phenoxy) is 2. The summed E-state index contributed by atoms with van der Waals surface area (Å²) in [5, 5.41) is 6.59. The first-order valence-corrected chi connectivity index (χ1v) is 8.45. The number of hydrogen-bond acceptors (Lipinski definition) is 3. The van der Waals surface area contributed by atoms with Crippen molar-refractivity contribution in [1.82, 2.24) is 10.6 Å². The summed E-state index contributed by atoms with van der Waals surface area (Å²) in [5.41, 5.74) is 1.22. The molecule has 0 saturated carbocycles. The number of benzene rings is 1. The summed E-state index contributed by atoms with van der Waals surface area (Å²) >= 11 is 3.44. The zero-order valence-electron chi connectivity index (χ0n) is 13.4. The second kappa shape index (κ2) is 12.0. The van der Waals surface area contributed by atoms with Gasteiger partial charge in [0.1, 0.15) is 0 Å². The van der Waals surface area contributed by atoms with Crippen molar-refractivity contribution < 1.29 is 9.47 Å². The molecule has 0 aromatic heterocycles. The molecule has 2 N–H and O–H groups in total. The second-order valence-electron chi connectivity index (χ2n) is 5.19.